The van der Waals surface area contributed by atoms with E-state index in [1.807, 2.05) is 37.4 Å². The third-order valence-electron chi connectivity index (χ3n) is 5.17. The molecule has 0 radical (unpaired) electrons. The zero-order valence-electron chi connectivity index (χ0n) is 15.4. The second-order valence-corrected chi connectivity index (χ2v) is 6.82. The van der Waals surface area contributed by atoms with Gasteiger partial charge in [-0.05, 0) is 38.6 Å². The van der Waals surface area contributed by atoms with Gasteiger partial charge in [0.05, 0.1) is 0 Å². The summed E-state index contributed by atoms with van der Waals surface area (Å²) in [4.78, 5) is 9.28. The van der Waals surface area contributed by atoms with Gasteiger partial charge in [-0.3, -0.25) is 4.99 Å². The fourth-order valence-corrected chi connectivity index (χ4v) is 3.66. The molecule has 1 unspecified atom stereocenters. The molecule has 0 spiro atoms. The minimum Gasteiger partial charge on any atom is -0.490 e. The van der Waals surface area contributed by atoms with Gasteiger partial charge in [-0.2, -0.15) is 0 Å². The van der Waals surface area contributed by atoms with Crippen LogP contribution in [0, 0.1) is 0 Å². The van der Waals surface area contributed by atoms with Crippen molar-refractivity contribution < 1.29 is 4.74 Å². The number of hydrogen-bond donors (Lipinski definition) is 1. The minimum absolute atomic E-state index is 0. The van der Waals surface area contributed by atoms with Crippen molar-refractivity contribution in [3.8, 4) is 5.75 Å². The van der Waals surface area contributed by atoms with Crippen LogP contribution in [0.3, 0.4) is 0 Å². The molecule has 1 atom stereocenters. The molecule has 2 aliphatic heterocycles. The Morgan fingerprint density at radius 2 is 1.88 bits per heavy atom. The Hall–Kier alpha value is -1.02. The molecule has 2 heterocycles. The van der Waals surface area contributed by atoms with Gasteiger partial charge in [0.1, 0.15) is 11.9 Å². The van der Waals surface area contributed by atoms with Crippen LogP contribution in [-0.2, 0) is 0 Å². The molecule has 1 N–H and O–H groups in total. The van der Waals surface area contributed by atoms with Crippen molar-refractivity contribution in [2.75, 3.05) is 40.3 Å². The Balaban J connectivity index is 0.00000225. The summed E-state index contributed by atoms with van der Waals surface area (Å²) >= 11 is 0. The van der Waals surface area contributed by atoms with E-state index < -0.39 is 0 Å². The topological polar surface area (TPSA) is 40.1 Å². The third-order valence-corrected chi connectivity index (χ3v) is 5.17. The monoisotopic (exact) mass is 458 g/mol. The molecule has 2 aliphatic rings. The maximum absolute atomic E-state index is 6.08. The van der Waals surface area contributed by atoms with Crippen LogP contribution in [0.1, 0.15) is 25.7 Å². The van der Waals surface area contributed by atoms with E-state index in [1.54, 1.807) is 0 Å². The first-order chi connectivity index (χ1) is 11.8. The predicted molar refractivity (Wildman–Crippen MR) is 114 cm³/mol. The van der Waals surface area contributed by atoms with Crippen LogP contribution in [-0.4, -0.2) is 68.2 Å². The first-order valence-electron chi connectivity index (χ1n) is 9.14. The lowest BCUT2D eigenvalue weighted by atomic mass is 10.1. The van der Waals surface area contributed by atoms with Crippen LogP contribution in [0.4, 0.5) is 0 Å². The first kappa shape index (κ1) is 20.3. The predicted octanol–water partition coefficient (Wildman–Crippen LogP) is 2.82. The number of rotatable bonds is 4. The number of nitrogens with zero attached hydrogens (tertiary/aromatic N) is 3. The van der Waals surface area contributed by atoms with Gasteiger partial charge in [0.15, 0.2) is 5.96 Å². The number of nitrogens with one attached hydrogen (secondary N) is 1. The van der Waals surface area contributed by atoms with Gasteiger partial charge >= 0.3 is 0 Å². The minimum atomic E-state index is 0. The fourth-order valence-electron chi connectivity index (χ4n) is 3.66. The molecular formula is C19H31IN4O. The summed E-state index contributed by atoms with van der Waals surface area (Å²) in [7, 11) is 4.10. The zero-order valence-corrected chi connectivity index (χ0v) is 17.7. The van der Waals surface area contributed by atoms with E-state index >= 15 is 0 Å². The van der Waals surface area contributed by atoms with E-state index in [4.69, 9.17) is 4.74 Å². The van der Waals surface area contributed by atoms with Crippen molar-refractivity contribution >= 4 is 29.9 Å². The number of likely N-dealkylation sites (tertiary alicyclic amines) is 2. The molecule has 0 aliphatic carbocycles. The number of benzene rings is 1. The Kier molecular flexibility index (Phi) is 8.29. The summed E-state index contributed by atoms with van der Waals surface area (Å²) < 4.78 is 6.08. The van der Waals surface area contributed by atoms with E-state index in [1.165, 1.54) is 19.4 Å². The van der Waals surface area contributed by atoms with Crippen LogP contribution in [0.15, 0.2) is 35.3 Å². The quantitative estimate of drug-likeness (QED) is 0.428. The number of halogens is 1. The van der Waals surface area contributed by atoms with Gasteiger partial charge < -0.3 is 19.9 Å². The second-order valence-electron chi connectivity index (χ2n) is 6.82. The van der Waals surface area contributed by atoms with Crippen molar-refractivity contribution in [2.45, 2.75) is 37.8 Å². The summed E-state index contributed by atoms with van der Waals surface area (Å²) in [5.74, 6) is 2.01. The van der Waals surface area contributed by atoms with Crippen LogP contribution >= 0.6 is 24.0 Å². The Morgan fingerprint density at radius 3 is 2.48 bits per heavy atom. The maximum atomic E-state index is 6.08. The van der Waals surface area contributed by atoms with Gasteiger partial charge in [-0.25, -0.2) is 0 Å². The molecule has 0 aromatic heterocycles. The zero-order chi connectivity index (χ0) is 16.8. The highest BCUT2D eigenvalue weighted by molar-refractivity contribution is 14.0. The maximum Gasteiger partial charge on any atom is 0.193 e. The third kappa shape index (κ3) is 5.74. The van der Waals surface area contributed by atoms with Crippen LogP contribution < -0.4 is 10.1 Å². The van der Waals surface area contributed by atoms with Crippen LogP contribution in [0.25, 0.3) is 0 Å². The van der Waals surface area contributed by atoms with E-state index in [-0.39, 0.29) is 24.0 Å². The Morgan fingerprint density at radius 1 is 1.16 bits per heavy atom. The lowest BCUT2D eigenvalue weighted by molar-refractivity contribution is 0.129. The van der Waals surface area contributed by atoms with Crippen molar-refractivity contribution in [1.29, 1.82) is 0 Å². The number of piperidine rings is 1. The number of likely N-dealkylation sites (N-methyl/N-ethyl adjacent to an activating group) is 1. The number of aliphatic imine (C=N–C) groups is 1. The first-order valence-corrected chi connectivity index (χ1v) is 9.14. The average molecular weight is 458 g/mol. The highest BCUT2D eigenvalue weighted by Gasteiger charge is 2.25. The molecule has 1 aromatic carbocycles. The Bertz CT molecular complexity index is 531. The smallest absolute Gasteiger partial charge is 0.193 e. The highest BCUT2D eigenvalue weighted by atomic mass is 127. The largest absolute Gasteiger partial charge is 0.490 e. The molecule has 5 nitrogen and oxygen atoms in total. The van der Waals surface area contributed by atoms with E-state index in [9.17, 15) is 0 Å². The highest BCUT2D eigenvalue weighted by Crippen LogP contribution is 2.19. The molecular weight excluding hydrogens is 427 g/mol. The fraction of sp³-hybridized carbons (Fsp3) is 0.632. The van der Waals surface area contributed by atoms with Crippen molar-refractivity contribution in [1.82, 2.24) is 15.1 Å². The molecule has 1 aromatic rings. The summed E-state index contributed by atoms with van der Waals surface area (Å²) in [6.07, 6.45) is 4.98. The van der Waals surface area contributed by atoms with Gasteiger partial charge in [-0.15, -0.1) is 24.0 Å². The summed E-state index contributed by atoms with van der Waals surface area (Å²) in [5, 5.41) is 3.57. The van der Waals surface area contributed by atoms with Gasteiger partial charge in [0.2, 0.25) is 0 Å². The lowest BCUT2D eigenvalue weighted by Gasteiger charge is -2.35. The van der Waals surface area contributed by atoms with Crippen LogP contribution in [0.2, 0.25) is 0 Å². The molecule has 6 heteroatoms. The number of ether oxygens (including phenoxy) is 1. The van der Waals surface area contributed by atoms with E-state index in [2.05, 4.69) is 27.2 Å². The van der Waals surface area contributed by atoms with Crippen LogP contribution in [0.5, 0.6) is 5.75 Å². The molecule has 0 saturated carbocycles. The summed E-state index contributed by atoms with van der Waals surface area (Å²) in [6, 6.07) is 10.8. The van der Waals surface area contributed by atoms with Gasteiger partial charge in [-0.1, -0.05) is 18.2 Å². The summed E-state index contributed by atoms with van der Waals surface area (Å²) in [5.41, 5.74) is 0. The summed E-state index contributed by atoms with van der Waals surface area (Å²) in [6.45, 7) is 4.20. The van der Waals surface area contributed by atoms with Gasteiger partial charge in [0, 0.05) is 45.6 Å². The van der Waals surface area contributed by atoms with E-state index in [0.29, 0.717) is 12.1 Å². The molecule has 0 bridgehead atoms. The van der Waals surface area contributed by atoms with Gasteiger partial charge in [0.25, 0.3) is 0 Å². The molecule has 25 heavy (non-hydrogen) atoms. The second kappa shape index (κ2) is 10.2. The lowest BCUT2D eigenvalue weighted by Crippen LogP contribution is -2.50. The standard InChI is InChI=1S/C19H30N4O.HI/c1-20-19(21-15-16-7-6-12-22(16)2)23-13-10-18(11-14-23)24-17-8-4-3-5-9-17;/h3-5,8-9,16,18H,6-7,10-15H2,1-2H3,(H,20,21);1H. The van der Waals surface area contributed by atoms with E-state index in [0.717, 1.165) is 44.2 Å². The van der Waals surface area contributed by atoms with Crippen molar-refractivity contribution in [3.63, 3.8) is 0 Å². The normalized spacial score (nSPS) is 22.6. The Labute approximate surface area is 168 Å². The number of hydrogen-bond acceptors (Lipinski definition) is 3. The molecule has 2 saturated heterocycles. The SMILES string of the molecule is CN=C(NCC1CCCN1C)N1CCC(Oc2ccccc2)CC1.I. The molecule has 0 amide bonds. The molecule has 3 rings (SSSR count). The molecule has 2 fully saturated rings. The van der Waals surface area contributed by atoms with Crippen molar-refractivity contribution in [3.05, 3.63) is 30.3 Å². The van der Waals surface area contributed by atoms with Crippen molar-refractivity contribution in [2.24, 2.45) is 4.99 Å². The number of para-hydroxylation sites is 1. The number of guanidine groups is 1. The molecule has 140 valence electrons. The average Bonchev–Trinajstić information content (AvgIpc) is 3.03.